The fourth-order valence-electron chi connectivity index (χ4n) is 2.05. The summed E-state index contributed by atoms with van der Waals surface area (Å²) >= 11 is 7.32. The first-order chi connectivity index (χ1) is 12.0. The van der Waals surface area contributed by atoms with E-state index in [0.717, 1.165) is 9.99 Å². The molecule has 25 heavy (non-hydrogen) atoms. The quantitative estimate of drug-likeness (QED) is 0.465. The van der Waals surface area contributed by atoms with Gasteiger partial charge >= 0.3 is 0 Å². The number of hydrogen-bond donors (Lipinski definition) is 3. The van der Waals surface area contributed by atoms with Gasteiger partial charge in [0.15, 0.2) is 5.11 Å². The number of nitrogens with one attached hydrogen (secondary N) is 3. The fraction of sp³-hybridized carbons (Fsp3) is 0.167. The predicted octanol–water partition coefficient (Wildman–Crippen LogP) is 3.56. The standard InChI is InChI=1S/C18H18IN3O2S/c1-2-9-20-16(23)13-6-4-8-15(11-13)21-18(25)22-17(24)12-5-3-7-14(19)10-12/h3-8,10-11H,2,9H2,1H3,(H,20,23)(H2,21,22,24,25). The van der Waals surface area contributed by atoms with Gasteiger partial charge in [-0.2, -0.15) is 0 Å². The molecule has 3 N–H and O–H groups in total. The Morgan fingerprint density at radius 1 is 1.04 bits per heavy atom. The van der Waals surface area contributed by atoms with E-state index in [0.29, 0.717) is 23.4 Å². The van der Waals surface area contributed by atoms with Crippen LogP contribution in [0.4, 0.5) is 5.69 Å². The van der Waals surface area contributed by atoms with Crippen molar-refractivity contribution in [1.82, 2.24) is 10.6 Å². The van der Waals surface area contributed by atoms with Crippen LogP contribution in [0, 0.1) is 3.57 Å². The second-order valence-electron chi connectivity index (χ2n) is 5.26. The molecule has 0 saturated heterocycles. The smallest absolute Gasteiger partial charge is 0.257 e. The molecule has 0 aliphatic rings. The number of carbonyl (C=O) groups is 2. The summed E-state index contributed by atoms with van der Waals surface area (Å²) in [6.07, 6.45) is 0.873. The van der Waals surface area contributed by atoms with Crippen LogP contribution < -0.4 is 16.0 Å². The third-order valence-corrected chi connectivity index (χ3v) is 4.11. The average Bonchev–Trinajstić information content (AvgIpc) is 2.59. The Morgan fingerprint density at radius 2 is 1.72 bits per heavy atom. The number of amides is 2. The van der Waals surface area contributed by atoms with Gasteiger partial charge in [-0.25, -0.2) is 0 Å². The first-order valence-corrected chi connectivity index (χ1v) is 9.24. The van der Waals surface area contributed by atoms with Crippen molar-refractivity contribution in [2.24, 2.45) is 0 Å². The van der Waals surface area contributed by atoms with E-state index in [1.54, 1.807) is 36.4 Å². The summed E-state index contributed by atoms with van der Waals surface area (Å²) < 4.78 is 0.968. The molecule has 0 aliphatic carbocycles. The van der Waals surface area contributed by atoms with Gasteiger partial charge in [-0.3, -0.25) is 14.9 Å². The van der Waals surface area contributed by atoms with Crippen molar-refractivity contribution in [1.29, 1.82) is 0 Å². The minimum atomic E-state index is -0.284. The van der Waals surface area contributed by atoms with Crippen LogP contribution in [-0.4, -0.2) is 23.5 Å². The van der Waals surface area contributed by atoms with Crippen LogP contribution >= 0.6 is 34.8 Å². The van der Waals surface area contributed by atoms with Gasteiger partial charge in [0.25, 0.3) is 11.8 Å². The minimum absolute atomic E-state index is 0.140. The molecule has 0 radical (unpaired) electrons. The summed E-state index contributed by atoms with van der Waals surface area (Å²) in [4.78, 5) is 24.2. The van der Waals surface area contributed by atoms with Gasteiger partial charge in [0.05, 0.1) is 0 Å². The highest BCUT2D eigenvalue weighted by Gasteiger charge is 2.09. The molecular formula is C18H18IN3O2S. The van der Waals surface area contributed by atoms with Crippen molar-refractivity contribution in [3.8, 4) is 0 Å². The van der Waals surface area contributed by atoms with E-state index >= 15 is 0 Å². The third kappa shape index (κ3) is 6.09. The van der Waals surface area contributed by atoms with Gasteiger partial charge in [-0.15, -0.1) is 0 Å². The lowest BCUT2D eigenvalue weighted by molar-refractivity contribution is 0.0951. The molecule has 0 unspecified atom stereocenters. The zero-order valence-corrected chi connectivity index (χ0v) is 16.6. The lowest BCUT2D eigenvalue weighted by atomic mass is 10.2. The maximum atomic E-state index is 12.2. The van der Waals surface area contributed by atoms with E-state index in [2.05, 4.69) is 38.5 Å². The lowest BCUT2D eigenvalue weighted by Gasteiger charge is -2.11. The Hall–Kier alpha value is -2.00. The molecule has 0 atom stereocenters. The van der Waals surface area contributed by atoms with Gasteiger partial charge in [0, 0.05) is 26.9 Å². The minimum Gasteiger partial charge on any atom is -0.352 e. The van der Waals surface area contributed by atoms with Gasteiger partial charge in [-0.05, 0) is 77.6 Å². The third-order valence-electron chi connectivity index (χ3n) is 3.23. The molecule has 2 aromatic carbocycles. The average molecular weight is 467 g/mol. The van der Waals surface area contributed by atoms with Crippen molar-refractivity contribution in [3.63, 3.8) is 0 Å². The van der Waals surface area contributed by atoms with Crippen molar-refractivity contribution in [2.75, 3.05) is 11.9 Å². The molecule has 7 heteroatoms. The van der Waals surface area contributed by atoms with Crippen molar-refractivity contribution < 1.29 is 9.59 Å². The van der Waals surface area contributed by atoms with Crippen LogP contribution in [0.25, 0.3) is 0 Å². The summed E-state index contributed by atoms with van der Waals surface area (Å²) in [5.41, 5.74) is 1.70. The molecule has 0 aliphatic heterocycles. The number of benzene rings is 2. The van der Waals surface area contributed by atoms with Crippen LogP contribution in [0.2, 0.25) is 0 Å². The SMILES string of the molecule is CCCNC(=O)c1cccc(NC(=S)NC(=O)c2cccc(I)c2)c1. The predicted molar refractivity (Wildman–Crippen MR) is 112 cm³/mol. The molecule has 0 bridgehead atoms. The van der Waals surface area contributed by atoms with E-state index in [1.807, 2.05) is 19.1 Å². The number of halogens is 1. The zero-order chi connectivity index (χ0) is 18.2. The topological polar surface area (TPSA) is 70.2 Å². The highest BCUT2D eigenvalue weighted by Crippen LogP contribution is 2.11. The van der Waals surface area contributed by atoms with Crippen LogP contribution in [0.3, 0.4) is 0 Å². The lowest BCUT2D eigenvalue weighted by Crippen LogP contribution is -2.34. The molecule has 0 aromatic heterocycles. The monoisotopic (exact) mass is 467 g/mol. The summed E-state index contributed by atoms with van der Waals surface area (Å²) in [6.45, 7) is 2.62. The first-order valence-electron chi connectivity index (χ1n) is 7.75. The second-order valence-corrected chi connectivity index (χ2v) is 6.91. The Balaban J connectivity index is 1.98. The summed E-state index contributed by atoms with van der Waals surface area (Å²) in [7, 11) is 0. The molecule has 2 rings (SSSR count). The van der Waals surface area contributed by atoms with Crippen LogP contribution in [-0.2, 0) is 0 Å². The molecule has 0 heterocycles. The Bertz CT molecular complexity index is 795. The highest BCUT2D eigenvalue weighted by atomic mass is 127. The Kier molecular flexibility index (Phi) is 7.32. The maximum absolute atomic E-state index is 12.2. The van der Waals surface area contributed by atoms with Crippen molar-refractivity contribution in [3.05, 3.63) is 63.2 Å². The second kappa shape index (κ2) is 9.47. The first kappa shape index (κ1) is 19.3. The maximum Gasteiger partial charge on any atom is 0.257 e. The molecule has 130 valence electrons. The summed E-state index contributed by atoms with van der Waals surface area (Å²) in [5.74, 6) is -0.424. The molecule has 0 saturated carbocycles. The Labute approximate surface area is 165 Å². The zero-order valence-electron chi connectivity index (χ0n) is 13.6. The Morgan fingerprint density at radius 3 is 2.40 bits per heavy atom. The number of thiocarbonyl (C=S) groups is 1. The molecule has 0 fully saturated rings. The largest absolute Gasteiger partial charge is 0.352 e. The number of rotatable bonds is 5. The number of carbonyl (C=O) groups excluding carboxylic acids is 2. The van der Waals surface area contributed by atoms with Crippen molar-refractivity contribution >= 4 is 57.4 Å². The van der Waals surface area contributed by atoms with Gasteiger partial charge in [0.2, 0.25) is 0 Å². The van der Waals surface area contributed by atoms with Crippen LogP contribution in [0.15, 0.2) is 48.5 Å². The molecular weight excluding hydrogens is 449 g/mol. The highest BCUT2D eigenvalue weighted by molar-refractivity contribution is 14.1. The van der Waals surface area contributed by atoms with Gasteiger partial charge in [0.1, 0.15) is 0 Å². The van der Waals surface area contributed by atoms with E-state index in [1.165, 1.54) is 0 Å². The van der Waals surface area contributed by atoms with Gasteiger partial charge < -0.3 is 10.6 Å². The fourth-order valence-corrected chi connectivity index (χ4v) is 2.80. The molecule has 0 spiro atoms. The van der Waals surface area contributed by atoms with E-state index in [4.69, 9.17) is 12.2 Å². The summed E-state index contributed by atoms with van der Waals surface area (Å²) in [6, 6.07) is 14.2. The summed E-state index contributed by atoms with van der Waals surface area (Å²) in [5, 5.41) is 8.55. The molecule has 5 nitrogen and oxygen atoms in total. The normalized spacial score (nSPS) is 10.0. The van der Waals surface area contributed by atoms with Crippen molar-refractivity contribution in [2.45, 2.75) is 13.3 Å². The van der Waals surface area contributed by atoms with Crippen LogP contribution in [0.1, 0.15) is 34.1 Å². The van der Waals surface area contributed by atoms with Gasteiger partial charge in [-0.1, -0.05) is 19.1 Å². The van der Waals surface area contributed by atoms with E-state index in [9.17, 15) is 9.59 Å². The van der Waals surface area contributed by atoms with E-state index < -0.39 is 0 Å². The van der Waals surface area contributed by atoms with Crippen LogP contribution in [0.5, 0.6) is 0 Å². The van der Waals surface area contributed by atoms with E-state index in [-0.39, 0.29) is 16.9 Å². The molecule has 2 aromatic rings. The number of anilines is 1. The number of hydrogen-bond acceptors (Lipinski definition) is 3. The molecule has 2 amide bonds.